The third-order valence-corrected chi connectivity index (χ3v) is 8.50. The maximum absolute atomic E-state index is 13.7. The number of hydrogen-bond donors (Lipinski definition) is 1. The Morgan fingerprint density at radius 1 is 1.23 bits per heavy atom. The van der Waals surface area contributed by atoms with E-state index in [0.29, 0.717) is 23.8 Å². The van der Waals surface area contributed by atoms with E-state index in [9.17, 15) is 22.0 Å². The van der Waals surface area contributed by atoms with Gasteiger partial charge in [-0.3, -0.25) is 4.79 Å². The molecular weight excluding hydrogens is 412 g/mol. The second kappa shape index (κ2) is 7.62. The van der Waals surface area contributed by atoms with Crippen molar-refractivity contribution in [3.05, 3.63) is 41.0 Å². The molecule has 2 saturated carbocycles. The summed E-state index contributed by atoms with van der Waals surface area (Å²) in [6.45, 7) is 3.14. The number of hydrogen-bond acceptors (Lipinski definition) is 4. The van der Waals surface area contributed by atoms with Gasteiger partial charge in [0, 0.05) is 12.5 Å². The predicted molar refractivity (Wildman–Crippen MR) is 108 cm³/mol. The SMILES string of the molecule is CCC12CCC3c4ccc(OS(=O)(=O)NC(C)=O)cc4CCC3C1CCC2=C(F)F. The fourth-order valence-corrected chi connectivity index (χ4v) is 7.25. The lowest BCUT2D eigenvalue weighted by Gasteiger charge is -2.50. The molecule has 0 saturated heterocycles. The lowest BCUT2D eigenvalue weighted by molar-refractivity contribution is -0.117. The fraction of sp³-hybridized carbons (Fsp3) is 0.591. The summed E-state index contributed by atoms with van der Waals surface area (Å²) >= 11 is 0. The van der Waals surface area contributed by atoms with Crippen LogP contribution in [0.3, 0.4) is 0 Å². The molecule has 4 unspecified atom stereocenters. The van der Waals surface area contributed by atoms with Crippen molar-refractivity contribution in [2.24, 2.45) is 17.3 Å². The summed E-state index contributed by atoms with van der Waals surface area (Å²) in [5.41, 5.74) is 2.26. The van der Waals surface area contributed by atoms with Crippen molar-refractivity contribution >= 4 is 16.2 Å². The highest BCUT2D eigenvalue weighted by atomic mass is 32.2. The Bertz CT molecular complexity index is 1000. The van der Waals surface area contributed by atoms with E-state index >= 15 is 0 Å². The van der Waals surface area contributed by atoms with Crippen LogP contribution < -0.4 is 8.91 Å². The molecule has 4 atom stereocenters. The number of fused-ring (bicyclic) bond motifs is 5. The molecular formula is C22H27F2NO4S. The van der Waals surface area contributed by atoms with Crippen molar-refractivity contribution in [2.75, 3.05) is 0 Å². The van der Waals surface area contributed by atoms with Crippen molar-refractivity contribution < 1.29 is 26.2 Å². The molecule has 5 nitrogen and oxygen atoms in total. The summed E-state index contributed by atoms with van der Waals surface area (Å²) in [7, 11) is -4.20. The van der Waals surface area contributed by atoms with Gasteiger partial charge in [-0.05, 0) is 91.4 Å². The van der Waals surface area contributed by atoms with E-state index in [1.165, 1.54) is 5.56 Å². The minimum atomic E-state index is -4.20. The Labute approximate surface area is 176 Å². The molecule has 1 aromatic carbocycles. The molecule has 4 rings (SSSR count). The average molecular weight is 440 g/mol. The molecule has 0 radical (unpaired) electrons. The lowest BCUT2D eigenvalue weighted by atomic mass is 9.54. The Morgan fingerprint density at radius 3 is 2.67 bits per heavy atom. The zero-order valence-corrected chi connectivity index (χ0v) is 18.0. The van der Waals surface area contributed by atoms with E-state index in [1.807, 2.05) is 13.0 Å². The van der Waals surface area contributed by atoms with E-state index in [1.54, 1.807) is 16.9 Å². The standard InChI is InChI=1S/C22H27F2NO4S/c1-3-22-11-10-17-16-7-5-15(29-30(27,28)25-13(2)26)12-14(16)4-6-18(17)19(22)8-9-20(22)21(23)24/h5,7,12,17-19H,3-4,6,8-11H2,1-2H3,(H,25,26). The number of carbonyl (C=O) groups excluding carboxylic acids is 1. The van der Waals surface area contributed by atoms with Gasteiger partial charge in [0.05, 0.1) is 0 Å². The molecule has 30 heavy (non-hydrogen) atoms. The molecule has 0 heterocycles. The van der Waals surface area contributed by atoms with Crippen LogP contribution in [-0.4, -0.2) is 14.3 Å². The average Bonchev–Trinajstić information content (AvgIpc) is 3.06. The monoisotopic (exact) mass is 439 g/mol. The Hall–Kier alpha value is -1.96. The maximum Gasteiger partial charge on any atom is 0.409 e. The highest BCUT2D eigenvalue weighted by molar-refractivity contribution is 7.85. The molecule has 1 amide bonds. The van der Waals surface area contributed by atoms with Crippen LogP contribution in [0, 0.1) is 17.3 Å². The Morgan fingerprint density at radius 2 is 2.00 bits per heavy atom. The first-order valence-electron chi connectivity index (χ1n) is 10.6. The quantitative estimate of drug-likeness (QED) is 0.728. The minimum absolute atomic E-state index is 0.172. The van der Waals surface area contributed by atoms with Gasteiger partial charge in [0.25, 0.3) is 6.08 Å². The second-order valence-corrected chi connectivity index (χ2v) is 10.1. The third kappa shape index (κ3) is 3.53. The molecule has 0 aromatic heterocycles. The van der Waals surface area contributed by atoms with Crippen molar-refractivity contribution in [1.82, 2.24) is 4.72 Å². The fourth-order valence-electron chi connectivity index (χ4n) is 6.50. The van der Waals surface area contributed by atoms with E-state index in [4.69, 9.17) is 4.18 Å². The topological polar surface area (TPSA) is 72.5 Å². The summed E-state index contributed by atoms with van der Waals surface area (Å²) in [5, 5.41) is 0. The van der Waals surface area contributed by atoms with Crippen molar-refractivity contribution in [3.8, 4) is 5.75 Å². The first kappa shape index (κ1) is 21.3. The van der Waals surface area contributed by atoms with Gasteiger partial charge in [0.15, 0.2) is 0 Å². The predicted octanol–water partition coefficient (Wildman–Crippen LogP) is 4.84. The molecule has 1 aromatic rings. The first-order chi connectivity index (χ1) is 14.2. The third-order valence-electron chi connectivity index (χ3n) is 7.55. The summed E-state index contributed by atoms with van der Waals surface area (Å²) in [4.78, 5) is 11.0. The van der Waals surface area contributed by atoms with Gasteiger partial charge < -0.3 is 4.18 Å². The summed E-state index contributed by atoms with van der Waals surface area (Å²) < 4.78 is 57.8. The lowest BCUT2D eigenvalue weighted by Crippen LogP contribution is -2.41. The number of benzene rings is 1. The van der Waals surface area contributed by atoms with E-state index in [0.717, 1.165) is 51.0 Å². The maximum atomic E-state index is 13.7. The van der Waals surface area contributed by atoms with Crippen LogP contribution in [-0.2, 0) is 21.5 Å². The Kier molecular flexibility index (Phi) is 5.41. The molecule has 3 aliphatic rings. The molecule has 164 valence electrons. The summed E-state index contributed by atoms with van der Waals surface area (Å²) in [5.74, 6) is 0.415. The number of rotatable bonds is 4. The first-order valence-corrected chi connectivity index (χ1v) is 12.0. The largest absolute Gasteiger partial charge is 0.409 e. The van der Waals surface area contributed by atoms with Gasteiger partial charge in [0.2, 0.25) is 5.91 Å². The van der Waals surface area contributed by atoms with Gasteiger partial charge in [0.1, 0.15) is 5.75 Å². The molecule has 2 fully saturated rings. The van der Waals surface area contributed by atoms with Gasteiger partial charge in [-0.1, -0.05) is 13.0 Å². The number of amides is 1. The summed E-state index contributed by atoms with van der Waals surface area (Å²) in [6, 6.07) is 5.25. The van der Waals surface area contributed by atoms with Crippen molar-refractivity contribution in [2.45, 2.75) is 64.7 Å². The minimum Gasteiger partial charge on any atom is -0.367 e. The van der Waals surface area contributed by atoms with Gasteiger partial charge >= 0.3 is 10.3 Å². The normalized spacial score (nSPS) is 30.1. The van der Waals surface area contributed by atoms with Crippen LogP contribution in [0.5, 0.6) is 5.75 Å². The molecule has 3 aliphatic carbocycles. The molecule has 0 bridgehead atoms. The highest BCUT2D eigenvalue weighted by Crippen LogP contribution is 2.65. The van der Waals surface area contributed by atoms with Crippen molar-refractivity contribution in [3.63, 3.8) is 0 Å². The zero-order valence-electron chi connectivity index (χ0n) is 17.2. The second-order valence-electron chi connectivity index (χ2n) is 8.80. The molecule has 0 spiro atoms. The van der Waals surface area contributed by atoms with Crippen LogP contribution >= 0.6 is 0 Å². The molecule has 1 N–H and O–H groups in total. The number of carbonyl (C=O) groups is 1. The van der Waals surface area contributed by atoms with E-state index in [2.05, 4.69) is 0 Å². The van der Waals surface area contributed by atoms with Gasteiger partial charge in [-0.25, -0.2) is 4.72 Å². The molecule has 0 aliphatic heterocycles. The van der Waals surface area contributed by atoms with E-state index < -0.39 is 22.3 Å². The van der Waals surface area contributed by atoms with Crippen LogP contribution in [0.25, 0.3) is 0 Å². The Balaban J connectivity index is 1.60. The van der Waals surface area contributed by atoms with Crippen LogP contribution in [0.15, 0.2) is 29.9 Å². The number of nitrogens with one attached hydrogen (secondary N) is 1. The number of halogens is 2. The highest BCUT2D eigenvalue weighted by Gasteiger charge is 2.55. The van der Waals surface area contributed by atoms with Crippen LogP contribution in [0.1, 0.15) is 69.4 Å². The van der Waals surface area contributed by atoms with E-state index in [-0.39, 0.29) is 17.1 Å². The number of allylic oxidation sites excluding steroid dienone is 1. The number of aryl methyl sites for hydroxylation is 1. The molecule has 8 heteroatoms. The van der Waals surface area contributed by atoms with Gasteiger partial charge in [-0.15, -0.1) is 0 Å². The smallest absolute Gasteiger partial charge is 0.367 e. The zero-order chi connectivity index (χ0) is 21.7. The summed E-state index contributed by atoms with van der Waals surface area (Å²) in [6.07, 6.45) is 3.93. The van der Waals surface area contributed by atoms with Gasteiger partial charge in [-0.2, -0.15) is 17.2 Å². The van der Waals surface area contributed by atoms with Crippen LogP contribution in [0.2, 0.25) is 0 Å². The van der Waals surface area contributed by atoms with Crippen LogP contribution in [0.4, 0.5) is 8.78 Å². The van der Waals surface area contributed by atoms with Crippen molar-refractivity contribution in [1.29, 1.82) is 0 Å².